The van der Waals surface area contributed by atoms with Crippen molar-refractivity contribution in [1.82, 2.24) is 10.3 Å². The maximum Gasteiger partial charge on any atom is 0.109 e. The lowest BCUT2D eigenvalue weighted by molar-refractivity contribution is 0.304. The topological polar surface area (TPSA) is 48.7 Å². The van der Waals surface area contributed by atoms with Crippen LogP contribution in [0.5, 0.6) is 0 Å². The molecule has 0 aromatic carbocycles. The fourth-order valence-electron chi connectivity index (χ4n) is 1.57. The summed E-state index contributed by atoms with van der Waals surface area (Å²) >= 11 is 1.74. The van der Waals surface area contributed by atoms with Crippen LogP contribution < -0.4 is 5.32 Å². The summed E-state index contributed by atoms with van der Waals surface area (Å²) in [6.07, 6.45) is 3.47. The highest BCUT2D eigenvalue weighted by molar-refractivity contribution is 7.11. The highest BCUT2D eigenvalue weighted by Crippen LogP contribution is 2.24. The largest absolute Gasteiger partial charge is 0.308 e. The molecule has 4 heteroatoms. The number of nitriles is 1. The molecule has 1 aromatic heterocycles. The van der Waals surface area contributed by atoms with Crippen LogP contribution in [0.15, 0.2) is 6.20 Å². The summed E-state index contributed by atoms with van der Waals surface area (Å²) in [6, 6.07) is 2.50. The summed E-state index contributed by atoms with van der Waals surface area (Å²) in [7, 11) is 0. The van der Waals surface area contributed by atoms with Gasteiger partial charge in [-0.15, -0.1) is 11.3 Å². The molecule has 0 spiro atoms. The molecule has 0 aliphatic heterocycles. The fourth-order valence-corrected chi connectivity index (χ4v) is 2.37. The molecule has 0 aliphatic carbocycles. The van der Waals surface area contributed by atoms with Gasteiger partial charge < -0.3 is 5.32 Å². The van der Waals surface area contributed by atoms with Crippen molar-refractivity contribution in [3.63, 3.8) is 0 Å². The number of thiazole rings is 1. The molecule has 0 bridgehead atoms. The predicted octanol–water partition coefficient (Wildman–Crippen LogP) is 3.43. The van der Waals surface area contributed by atoms with Crippen LogP contribution in [0.1, 0.15) is 49.5 Å². The van der Waals surface area contributed by atoms with Crippen molar-refractivity contribution in [2.24, 2.45) is 5.41 Å². The zero-order valence-corrected chi connectivity index (χ0v) is 11.9. The Morgan fingerprint density at radius 2 is 2.29 bits per heavy atom. The van der Waals surface area contributed by atoms with E-state index in [0.29, 0.717) is 6.42 Å². The molecule has 1 atom stereocenters. The Morgan fingerprint density at radius 3 is 2.82 bits per heavy atom. The molecule has 94 valence electrons. The average molecular weight is 251 g/mol. The first-order valence-electron chi connectivity index (χ1n) is 5.97. The SMILES string of the molecule is Cc1cnc(C(C)NCC(C)(C)CCC#N)s1. The molecule has 1 aromatic rings. The van der Waals surface area contributed by atoms with E-state index in [1.165, 1.54) is 4.88 Å². The first-order chi connectivity index (χ1) is 7.94. The molecule has 1 unspecified atom stereocenters. The first kappa shape index (κ1) is 14.1. The second kappa shape index (κ2) is 6.13. The van der Waals surface area contributed by atoms with Crippen molar-refractivity contribution in [3.05, 3.63) is 16.1 Å². The number of rotatable bonds is 6. The predicted molar refractivity (Wildman–Crippen MR) is 71.9 cm³/mol. The third-order valence-electron chi connectivity index (χ3n) is 2.81. The van der Waals surface area contributed by atoms with Gasteiger partial charge in [0, 0.05) is 24.0 Å². The third kappa shape index (κ3) is 4.84. The quantitative estimate of drug-likeness (QED) is 0.842. The number of hydrogen-bond donors (Lipinski definition) is 1. The van der Waals surface area contributed by atoms with Gasteiger partial charge in [0.05, 0.1) is 12.1 Å². The van der Waals surface area contributed by atoms with Crippen molar-refractivity contribution in [3.8, 4) is 6.07 Å². The van der Waals surface area contributed by atoms with E-state index in [-0.39, 0.29) is 11.5 Å². The van der Waals surface area contributed by atoms with Gasteiger partial charge in [-0.05, 0) is 25.7 Å². The van der Waals surface area contributed by atoms with E-state index in [2.05, 4.69) is 44.1 Å². The second-order valence-corrected chi connectivity index (χ2v) is 6.50. The number of hydrogen-bond acceptors (Lipinski definition) is 4. The minimum atomic E-state index is 0.163. The Kier molecular flexibility index (Phi) is 5.10. The standard InChI is InChI=1S/C13H21N3S/c1-10-8-15-12(17-10)11(2)16-9-13(3,4)6-5-7-14/h8,11,16H,5-6,9H2,1-4H3. The smallest absolute Gasteiger partial charge is 0.109 e. The maximum atomic E-state index is 8.61. The molecule has 0 aliphatic rings. The molecular formula is C13H21N3S. The van der Waals surface area contributed by atoms with Gasteiger partial charge in [-0.2, -0.15) is 5.26 Å². The lowest BCUT2D eigenvalue weighted by atomic mass is 9.88. The highest BCUT2D eigenvalue weighted by Gasteiger charge is 2.19. The molecule has 0 saturated carbocycles. The summed E-state index contributed by atoms with van der Waals surface area (Å²) in [4.78, 5) is 5.63. The minimum absolute atomic E-state index is 0.163. The summed E-state index contributed by atoms with van der Waals surface area (Å²) < 4.78 is 0. The molecule has 1 N–H and O–H groups in total. The normalized spacial score (nSPS) is 13.4. The number of aromatic nitrogens is 1. The monoisotopic (exact) mass is 251 g/mol. The Bertz CT molecular complexity index is 390. The van der Waals surface area contributed by atoms with Gasteiger partial charge in [-0.25, -0.2) is 4.98 Å². The second-order valence-electron chi connectivity index (χ2n) is 5.23. The van der Waals surface area contributed by atoms with E-state index in [1.807, 2.05) is 6.20 Å². The summed E-state index contributed by atoms with van der Waals surface area (Å²) in [5, 5.41) is 13.2. The first-order valence-corrected chi connectivity index (χ1v) is 6.79. The molecule has 0 saturated heterocycles. The van der Waals surface area contributed by atoms with E-state index < -0.39 is 0 Å². The van der Waals surface area contributed by atoms with Crippen LogP contribution in [0.4, 0.5) is 0 Å². The molecule has 17 heavy (non-hydrogen) atoms. The van der Waals surface area contributed by atoms with Gasteiger partial charge in [-0.3, -0.25) is 0 Å². The number of nitrogens with zero attached hydrogens (tertiary/aromatic N) is 2. The Hall–Kier alpha value is -0.920. The molecule has 3 nitrogen and oxygen atoms in total. The van der Waals surface area contributed by atoms with E-state index in [4.69, 9.17) is 5.26 Å². The van der Waals surface area contributed by atoms with Crippen molar-refractivity contribution in [2.75, 3.05) is 6.54 Å². The van der Waals surface area contributed by atoms with E-state index in [1.54, 1.807) is 11.3 Å². The summed E-state index contributed by atoms with van der Waals surface area (Å²) in [5.41, 5.74) is 0.163. The maximum absolute atomic E-state index is 8.61. The Labute approximate surface area is 108 Å². The van der Waals surface area contributed by atoms with Gasteiger partial charge in [0.15, 0.2) is 0 Å². The molecule has 0 fully saturated rings. The Morgan fingerprint density at radius 1 is 1.59 bits per heavy atom. The molecule has 0 amide bonds. The molecule has 0 radical (unpaired) electrons. The average Bonchev–Trinajstić information content (AvgIpc) is 2.70. The summed E-state index contributed by atoms with van der Waals surface area (Å²) in [6.45, 7) is 9.51. The van der Waals surface area contributed by atoms with Crippen molar-refractivity contribution in [1.29, 1.82) is 5.26 Å². The van der Waals surface area contributed by atoms with Crippen molar-refractivity contribution in [2.45, 2.75) is 46.6 Å². The van der Waals surface area contributed by atoms with Gasteiger partial charge in [-0.1, -0.05) is 13.8 Å². The number of nitrogens with one attached hydrogen (secondary N) is 1. The van der Waals surface area contributed by atoms with Crippen molar-refractivity contribution < 1.29 is 0 Å². The van der Waals surface area contributed by atoms with Crippen molar-refractivity contribution >= 4 is 11.3 Å². The highest BCUT2D eigenvalue weighted by atomic mass is 32.1. The molecular weight excluding hydrogens is 230 g/mol. The van der Waals surface area contributed by atoms with Crippen LogP contribution in [0.2, 0.25) is 0 Å². The zero-order chi connectivity index (χ0) is 12.9. The van der Waals surface area contributed by atoms with Gasteiger partial charge >= 0.3 is 0 Å². The number of aryl methyl sites for hydroxylation is 1. The van der Waals surface area contributed by atoms with Crippen LogP contribution in [0.25, 0.3) is 0 Å². The molecule has 1 rings (SSSR count). The van der Waals surface area contributed by atoms with Crippen LogP contribution in [0, 0.1) is 23.7 Å². The lowest BCUT2D eigenvalue weighted by Crippen LogP contribution is -2.31. The minimum Gasteiger partial charge on any atom is -0.308 e. The zero-order valence-electron chi connectivity index (χ0n) is 11.1. The van der Waals surface area contributed by atoms with Gasteiger partial charge in [0.1, 0.15) is 5.01 Å². The van der Waals surface area contributed by atoms with Crippen LogP contribution in [0.3, 0.4) is 0 Å². The van der Waals surface area contributed by atoms with E-state index in [0.717, 1.165) is 18.0 Å². The van der Waals surface area contributed by atoms with Crippen LogP contribution >= 0.6 is 11.3 Å². The lowest BCUT2D eigenvalue weighted by Gasteiger charge is -2.25. The van der Waals surface area contributed by atoms with Gasteiger partial charge in [0.25, 0.3) is 0 Å². The Balaban J connectivity index is 2.42. The van der Waals surface area contributed by atoms with Crippen LogP contribution in [-0.2, 0) is 0 Å². The van der Waals surface area contributed by atoms with Gasteiger partial charge in [0.2, 0.25) is 0 Å². The summed E-state index contributed by atoms with van der Waals surface area (Å²) in [5.74, 6) is 0. The van der Waals surface area contributed by atoms with Crippen LogP contribution in [-0.4, -0.2) is 11.5 Å². The van der Waals surface area contributed by atoms with E-state index >= 15 is 0 Å². The van der Waals surface area contributed by atoms with E-state index in [9.17, 15) is 0 Å². The molecule has 1 heterocycles. The fraction of sp³-hybridized carbons (Fsp3) is 0.692. The third-order valence-corrected chi connectivity index (χ3v) is 3.91.